The highest BCUT2D eigenvalue weighted by molar-refractivity contribution is 5.37. The van der Waals surface area contributed by atoms with Gasteiger partial charge in [0.05, 0.1) is 6.04 Å². The van der Waals surface area contributed by atoms with Crippen LogP contribution < -0.4 is 16.0 Å². The molecule has 2 rings (SSSR count). The molecule has 1 heterocycles. The van der Waals surface area contributed by atoms with Crippen LogP contribution in [-0.2, 0) is 6.42 Å². The Hall–Kier alpha value is -1.32. The molecule has 0 aliphatic carbocycles. The fraction of sp³-hybridized carbons (Fsp3) is 0.333. The summed E-state index contributed by atoms with van der Waals surface area (Å²) in [7, 11) is 0. The van der Waals surface area contributed by atoms with Crippen LogP contribution in [0.15, 0.2) is 36.9 Å². The van der Waals surface area contributed by atoms with E-state index in [0.29, 0.717) is 0 Å². The summed E-state index contributed by atoms with van der Waals surface area (Å²) in [6.45, 7) is 3.72. The average Bonchev–Trinajstić information content (AvgIpc) is 2.69. The van der Waals surface area contributed by atoms with Gasteiger partial charge in [0.15, 0.2) is 0 Å². The van der Waals surface area contributed by atoms with Gasteiger partial charge in [-0.3, -0.25) is 11.3 Å². The van der Waals surface area contributed by atoms with Gasteiger partial charge in [0.1, 0.15) is 11.9 Å². The lowest BCUT2D eigenvalue weighted by molar-refractivity contribution is 0.179. The van der Waals surface area contributed by atoms with Crippen molar-refractivity contribution in [3.8, 4) is 5.75 Å². The van der Waals surface area contributed by atoms with Crippen LogP contribution in [0.2, 0.25) is 0 Å². The first-order chi connectivity index (χ1) is 7.35. The summed E-state index contributed by atoms with van der Waals surface area (Å²) >= 11 is 0. The molecule has 0 amide bonds. The van der Waals surface area contributed by atoms with E-state index >= 15 is 0 Å². The number of nitrogens with two attached hydrogens (primary N) is 1. The van der Waals surface area contributed by atoms with E-state index in [1.165, 1.54) is 5.56 Å². The van der Waals surface area contributed by atoms with Crippen LogP contribution in [0.4, 0.5) is 0 Å². The van der Waals surface area contributed by atoms with E-state index in [-0.39, 0.29) is 12.1 Å². The topological polar surface area (TPSA) is 47.3 Å². The third-order valence-electron chi connectivity index (χ3n) is 2.76. The predicted molar refractivity (Wildman–Crippen MR) is 60.5 cm³/mol. The van der Waals surface area contributed by atoms with E-state index < -0.39 is 0 Å². The third-order valence-corrected chi connectivity index (χ3v) is 2.76. The highest BCUT2D eigenvalue weighted by atomic mass is 16.5. The zero-order valence-corrected chi connectivity index (χ0v) is 8.65. The lowest BCUT2D eigenvalue weighted by atomic mass is 10.0. The van der Waals surface area contributed by atoms with Crippen LogP contribution in [0, 0.1) is 0 Å². The summed E-state index contributed by atoms with van der Waals surface area (Å²) in [5.74, 6) is 6.47. The molecule has 3 N–H and O–H groups in total. The molecule has 1 aromatic rings. The van der Waals surface area contributed by atoms with Crippen molar-refractivity contribution < 1.29 is 4.74 Å². The fourth-order valence-electron chi connectivity index (χ4n) is 1.94. The van der Waals surface area contributed by atoms with Gasteiger partial charge < -0.3 is 4.74 Å². The molecule has 80 valence electrons. The fourth-order valence-corrected chi connectivity index (χ4v) is 1.94. The Labute approximate surface area is 89.9 Å². The van der Waals surface area contributed by atoms with Crippen molar-refractivity contribution in [3.05, 3.63) is 42.5 Å². The zero-order valence-electron chi connectivity index (χ0n) is 8.65. The first-order valence-corrected chi connectivity index (χ1v) is 5.16. The molecule has 0 spiro atoms. The smallest absolute Gasteiger partial charge is 0.123 e. The lowest BCUT2D eigenvalue weighted by Crippen LogP contribution is -2.45. The SMILES string of the molecule is C=CCC(NN)C1Cc2ccccc2O1. The van der Waals surface area contributed by atoms with Crippen LogP contribution in [0.25, 0.3) is 0 Å². The normalized spacial score (nSPS) is 20.5. The van der Waals surface area contributed by atoms with Crippen molar-refractivity contribution in [2.24, 2.45) is 5.84 Å². The predicted octanol–water partition coefficient (Wildman–Crippen LogP) is 1.40. The van der Waals surface area contributed by atoms with Crippen molar-refractivity contribution in [1.29, 1.82) is 0 Å². The molecule has 1 aliphatic heterocycles. The number of hydrogen-bond acceptors (Lipinski definition) is 3. The first-order valence-electron chi connectivity index (χ1n) is 5.16. The number of para-hydroxylation sites is 1. The highest BCUT2D eigenvalue weighted by Gasteiger charge is 2.28. The second kappa shape index (κ2) is 4.47. The van der Waals surface area contributed by atoms with E-state index in [4.69, 9.17) is 10.6 Å². The largest absolute Gasteiger partial charge is 0.488 e. The van der Waals surface area contributed by atoms with Gasteiger partial charge in [0.25, 0.3) is 0 Å². The van der Waals surface area contributed by atoms with Crippen molar-refractivity contribution >= 4 is 0 Å². The molecule has 2 unspecified atom stereocenters. The Balaban J connectivity index is 2.08. The first kappa shape index (κ1) is 10.2. The van der Waals surface area contributed by atoms with Gasteiger partial charge in [-0.25, -0.2) is 0 Å². The maximum Gasteiger partial charge on any atom is 0.123 e. The molecular formula is C12H16N2O. The van der Waals surface area contributed by atoms with Gasteiger partial charge in [-0.05, 0) is 18.1 Å². The van der Waals surface area contributed by atoms with Gasteiger partial charge in [0.2, 0.25) is 0 Å². The van der Waals surface area contributed by atoms with Crippen LogP contribution >= 0.6 is 0 Å². The number of hydrogen-bond donors (Lipinski definition) is 2. The highest BCUT2D eigenvalue weighted by Crippen LogP contribution is 2.29. The van der Waals surface area contributed by atoms with Crippen molar-refractivity contribution in [2.45, 2.75) is 25.0 Å². The molecule has 0 fully saturated rings. The molecule has 3 nitrogen and oxygen atoms in total. The van der Waals surface area contributed by atoms with Crippen molar-refractivity contribution in [2.75, 3.05) is 0 Å². The molecule has 1 aromatic carbocycles. The van der Waals surface area contributed by atoms with E-state index in [9.17, 15) is 0 Å². The summed E-state index contributed by atoms with van der Waals surface area (Å²) < 4.78 is 5.82. The minimum atomic E-state index is 0.116. The maximum absolute atomic E-state index is 5.82. The standard InChI is InChI=1S/C12H16N2O/c1-2-5-10(14-13)12-8-9-6-3-4-7-11(9)15-12/h2-4,6-7,10,12,14H,1,5,8,13H2. The molecule has 0 bridgehead atoms. The molecule has 15 heavy (non-hydrogen) atoms. The van der Waals surface area contributed by atoms with Gasteiger partial charge in [-0.1, -0.05) is 24.3 Å². The number of hydrazine groups is 1. The second-order valence-corrected chi connectivity index (χ2v) is 3.77. The second-order valence-electron chi connectivity index (χ2n) is 3.77. The van der Waals surface area contributed by atoms with Crippen LogP contribution in [0.5, 0.6) is 5.75 Å². The Morgan fingerprint density at radius 1 is 1.60 bits per heavy atom. The van der Waals surface area contributed by atoms with Crippen molar-refractivity contribution in [1.82, 2.24) is 5.43 Å². The summed E-state index contributed by atoms with van der Waals surface area (Å²) in [5, 5.41) is 0. The Morgan fingerprint density at radius 2 is 2.40 bits per heavy atom. The van der Waals surface area contributed by atoms with Crippen LogP contribution in [0.1, 0.15) is 12.0 Å². The Bertz CT molecular complexity index is 326. The summed E-state index contributed by atoms with van der Waals surface area (Å²) in [4.78, 5) is 0. The third kappa shape index (κ3) is 2.03. The summed E-state index contributed by atoms with van der Waals surface area (Å²) in [6, 6.07) is 8.24. The molecule has 0 saturated heterocycles. The summed E-state index contributed by atoms with van der Waals surface area (Å²) in [5.41, 5.74) is 4.04. The average molecular weight is 204 g/mol. The molecule has 3 heteroatoms. The zero-order chi connectivity index (χ0) is 10.7. The molecule has 0 aromatic heterocycles. The minimum absolute atomic E-state index is 0.116. The molecule has 2 atom stereocenters. The number of fused-ring (bicyclic) bond motifs is 1. The molecule has 1 aliphatic rings. The molecular weight excluding hydrogens is 188 g/mol. The van der Waals surface area contributed by atoms with E-state index in [1.54, 1.807) is 0 Å². The quantitative estimate of drug-likeness (QED) is 0.443. The molecule has 0 saturated carbocycles. The monoisotopic (exact) mass is 204 g/mol. The number of rotatable bonds is 4. The number of benzene rings is 1. The maximum atomic E-state index is 5.82. The van der Waals surface area contributed by atoms with E-state index in [1.807, 2.05) is 24.3 Å². The Morgan fingerprint density at radius 3 is 3.07 bits per heavy atom. The van der Waals surface area contributed by atoms with Crippen LogP contribution in [0.3, 0.4) is 0 Å². The van der Waals surface area contributed by atoms with Crippen molar-refractivity contribution in [3.63, 3.8) is 0 Å². The van der Waals surface area contributed by atoms with Crippen LogP contribution in [-0.4, -0.2) is 12.1 Å². The van der Waals surface area contributed by atoms with Gasteiger partial charge in [0, 0.05) is 6.42 Å². The van der Waals surface area contributed by atoms with Gasteiger partial charge in [-0.2, -0.15) is 0 Å². The summed E-state index contributed by atoms with van der Waals surface area (Å²) in [6.07, 6.45) is 3.70. The van der Waals surface area contributed by atoms with E-state index in [0.717, 1.165) is 18.6 Å². The number of ether oxygens (including phenoxy) is 1. The Kier molecular flexibility index (Phi) is 3.04. The number of nitrogens with one attached hydrogen (secondary N) is 1. The lowest BCUT2D eigenvalue weighted by Gasteiger charge is -2.20. The minimum Gasteiger partial charge on any atom is -0.488 e. The van der Waals surface area contributed by atoms with Gasteiger partial charge >= 0.3 is 0 Å². The van der Waals surface area contributed by atoms with E-state index in [2.05, 4.69) is 18.1 Å². The molecule has 0 radical (unpaired) electrons. The van der Waals surface area contributed by atoms with Gasteiger partial charge in [-0.15, -0.1) is 6.58 Å².